The Morgan fingerprint density at radius 2 is 0.641 bits per heavy atom. The Bertz CT molecular complexity index is 4650. The van der Waals surface area contributed by atoms with Gasteiger partial charge in [-0.25, -0.2) is 4.98 Å². The Morgan fingerprint density at radius 1 is 0.256 bits per heavy atom. The minimum atomic E-state index is -0.165. The number of pyridine rings is 1. The normalized spacial score (nSPS) is 12.8. The van der Waals surface area contributed by atoms with Crippen molar-refractivity contribution in [1.29, 1.82) is 0 Å². The number of hydrogen-bond acceptors (Lipinski definition) is 1. The Hall–Kier alpha value is -10.0. The second-order valence-electron chi connectivity index (χ2n) is 21.5. The standard InChI is InChI=1S/C74H50N4/c1-74(2)64-27-10-3-20-56(64)57-39-36-50(43-65(57)74)67-45-52(44-66(75-67)49-19-17-18-48(40-49)47-34-37-53(38-35-47)76-68-28-11-4-21-58(68)59-22-5-12-29-69(59)76)51-41-54(77-70-30-13-6-23-60(70)61-24-7-14-31-71(61)77)46-55(42-51)78-72-32-15-8-25-62(72)63-26-9-16-33-73(63)78/h3-46H,1-2H3. The number of para-hydroxylation sites is 6. The molecule has 0 unspecified atom stereocenters. The molecule has 4 aromatic heterocycles. The number of fused-ring (bicyclic) bond motifs is 12. The molecule has 0 radical (unpaired) electrons. The average molecular weight is 995 g/mol. The largest absolute Gasteiger partial charge is 0.309 e. The molecule has 1 aliphatic carbocycles. The third kappa shape index (κ3) is 6.69. The molecule has 0 saturated carbocycles. The highest BCUT2D eigenvalue weighted by Gasteiger charge is 2.35. The zero-order valence-corrected chi connectivity index (χ0v) is 43.2. The van der Waals surface area contributed by atoms with Gasteiger partial charge in [0.15, 0.2) is 0 Å². The molecular formula is C74H50N4. The molecule has 78 heavy (non-hydrogen) atoms. The van der Waals surface area contributed by atoms with E-state index < -0.39 is 0 Å². The topological polar surface area (TPSA) is 27.7 Å². The van der Waals surface area contributed by atoms with Crippen molar-refractivity contribution in [3.63, 3.8) is 0 Å². The highest BCUT2D eigenvalue weighted by Crippen LogP contribution is 2.50. The van der Waals surface area contributed by atoms with Crippen molar-refractivity contribution < 1.29 is 0 Å². The van der Waals surface area contributed by atoms with E-state index in [1.807, 2.05) is 0 Å². The number of aromatic nitrogens is 4. The molecule has 0 bridgehead atoms. The molecule has 16 rings (SSSR count). The van der Waals surface area contributed by atoms with Crippen LogP contribution in [0.5, 0.6) is 0 Å². The second-order valence-corrected chi connectivity index (χ2v) is 21.5. The van der Waals surface area contributed by atoms with Crippen LogP contribution in [0.15, 0.2) is 267 Å². The molecular weight excluding hydrogens is 945 g/mol. The maximum Gasteiger partial charge on any atom is 0.0715 e. The summed E-state index contributed by atoms with van der Waals surface area (Å²) in [6.07, 6.45) is 0. The molecule has 4 heteroatoms. The van der Waals surface area contributed by atoms with E-state index in [1.54, 1.807) is 0 Å². The van der Waals surface area contributed by atoms with Gasteiger partial charge in [0.25, 0.3) is 0 Å². The van der Waals surface area contributed by atoms with Gasteiger partial charge in [-0.2, -0.15) is 0 Å². The summed E-state index contributed by atoms with van der Waals surface area (Å²) in [4.78, 5) is 5.66. The minimum Gasteiger partial charge on any atom is -0.309 e. The Morgan fingerprint density at radius 3 is 1.14 bits per heavy atom. The van der Waals surface area contributed by atoms with Crippen LogP contribution in [0.2, 0.25) is 0 Å². The molecule has 0 atom stereocenters. The smallest absolute Gasteiger partial charge is 0.0715 e. The molecule has 0 aliphatic heterocycles. The van der Waals surface area contributed by atoms with Gasteiger partial charge in [0.05, 0.1) is 44.5 Å². The lowest BCUT2D eigenvalue weighted by atomic mass is 9.82. The molecule has 0 fully saturated rings. The van der Waals surface area contributed by atoms with E-state index in [0.717, 1.165) is 61.8 Å². The van der Waals surface area contributed by atoms with E-state index >= 15 is 0 Å². The minimum absolute atomic E-state index is 0.165. The first-order valence-electron chi connectivity index (χ1n) is 27.0. The van der Waals surface area contributed by atoms with E-state index in [2.05, 4.69) is 294 Å². The maximum absolute atomic E-state index is 5.66. The average Bonchev–Trinajstić information content (AvgIpc) is 4.37. The van der Waals surface area contributed by atoms with Crippen LogP contribution in [0.25, 0.3) is 138 Å². The third-order valence-corrected chi connectivity index (χ3v) is 16.8. The highest BCUT2D eigenvalue weighted by molar-refractivity contribution is 6.11. The highest BCUT2D eigenvalue weighted by atomic mass is 15.0. The van der Waals surface area contributed by atoms with Crippen molar-refractivity contribution in [1.82, 2.24) is 18.7 Å². The lowest BCUT2D eigenvalue weighted by molar-refractivity contribution is 0.660. The van der Waals surface area contributed by atoms with Crippen LogP contribution in [0.4, 0.5) is 0 Å². The first-order chi connectivity index (χ1) is 38.4. The van der Waals surface area contributed by atoms with Crippen molar-refractivity contribution >= 4 is 65.4 Å². The van der Waals surface area contributed by atoms with Crippen LogP contribution in [-0.4, -0.2) is 18.7 Å². The quantitative estimate of drug-likeness (QED) is 0.156. The van der Waals surface area contributed by atoms with Gasteiger partial charge in [0.1, 0.15) is 0 Å². The van der Waals surface area contributed by atoms with Crippen LogP contribution in [0.1, 0.15) is 25.0 Å². The molecule has 0 amide bonds. The zero-order valence-electron chi connectivity index (χ0n) is 43.2. The van der Waals surface area contributed by atoms with Crippen molar-refractivity contribution in [2.75, 3.05) is 0 Å². The van der Waals surface area contributed by atoms with Crippen molar-refractivity contribution in [3.05, 3.63) is 278 Å². The Balaban J connectivity index is 0.905. The first-order valence-corrected chi connectivity index (χ1v) is 27.0. The number of hydrogen-bond donors (Lipinski definition) is 0. The molecule has 0 N–H and O–H groups in total. The predicted octanol–water partition coefficient (Wildman–Crippen LogP) is 19.3. The summed E-state index contributed by atoms with van der Waals surface area (Å²) in [5.41, 5.74) is 24.0. The maximum atomic E-state index is 5.66. The van der Waals surface area contributed by atoms with E-state index in [4.69, 9.17) is 4.98 Å². The molecule has 15 aromatic rings. The van der Waals surface area contributed by atoms with Crippen molar-refractivity contribution in [2.24, 2.45) is 0 Å². The van der Waals surface area contributed by atoms with Gasteiger partial charge in [0.2, 0.25) is 0 Å². The summed E-state index contributed by atoms with van der Waals surface area (Å²) in [6, 6.07) is 98.2. The summed E-state index contributed by atoms with van der Waals surface area (Å²) in [6.45, 7) is 4.71. The van der Waals surface area contributed by atoms with Gasteiger partial charge in [-0.15, -0.1) is 0 Å². The molecule has 0 spiro atoms. The van der Waals surface area contributed by atoms with Gasteiger partial charge in [-0.3, -0.25) is 0 Å². The van der Waals surface area contributed by atoms with Gasteiger partial charge in [0, 0.05) is 65.9 Å². The van der Waals surface area contributed by atoms with Crippen LogP contribution in [0, 0.1) is 0 Å². The summed E-state index contributed by atoms with van der Waals surface area (Å²) in [5, 5.41) is 7.44. The van der Waals surface area contributed by atoms with Crippen LogP contribution < -0.4 is 0 Å². The second kappa shape index (κ2) is 17.0. The molecule has 4 nitrogen and oxygen atoms in total. The fourth-order valence-corrected chi connectivity index (χ4v) is 13.1. The van der Waals surface area contributed by atoms with Gasteiger partial charge < -0.3 is 13.7 Å². The number of rotatable bonds is 7. The lowest BCUT2D eigenvalue weighted by Gasteiger charge is -2.22. The lowest BCUT2D eigenvalue weighted by Crippen LogP contribution is -2.14. The number of nitrogens with zero attached hydrogens (tertiary/aromatic N) is 4. The van der Waals surface area contributed by atoms with E-state index in [1.165, 1.54) is 87.7 Å². The predicted molar refractivity (Wildman–Crippen MR) is 327 cm³/mol. The molecule has 1 aliphatic rings. The summed E-state index contributed by atoms with van der Waals surface area (Å²) in [7, 11) is 0. The summed E-state index contributed by atoms with van der Waals surface area (Å²) in [5.74, 6) is 0. The molecule has 366 valence electrons. The molecule has 0 saturated heterocycles. The fourth-order valence-electron chi connectivity index (χ4n) is 13.1. The molecule has 11 aromatic carbocycles. The molecule has 4 heterocycles. The van der Waals surface area contributed by atoms with Gasteiger partial charge in [-0.05, 0) is 136 Å². The first kappa shape index (κ1) is 44.3. The third-order valence-electron chi connectivity index (χ3n) is 16.8. The summed E-state index contributed by atoms with van der Waals surface area (Å²) >= 11 is 0. The Kier molecular flexibility index (Phi) is 9.65. The fraction of sp³-hybridized carbons (Fsp3) is 0.0405. The van der Waals surface area contributed by atoms with E-state index in [-0.39, 0.29) is 5.41 Å². The van der Waals surface area contributed by atoms with Crippen molar-refractivity contribution in [2.45, 2.75) is 19.3 Å². The van der Waals surface area contributed by atoms with Gasteiger partial charge in [-0.1, -0.05) is 190 Å². The number of benzene rings is 11. The SMILES string of the molecule is CC1(C)c2ccccc2-c2ccc(-c3cc(-c4cc(-n5c6ccccc6c6ccccc65)cc(-n5c6ccccc6c6ccccc65)c4)cc(-c4cccc(-c5ccc(-n6c7ccccc7c7ccccc76)cc5)c4)n3)cc21. The van der Waals surface area contributed by atoms with Gasteiger partial charge >= 0.3 is 0 Å². The van der Waals surface area contributed by atoms with E-state index in [9.17, 15) is 0 Å². The Labute approximate surface area is 452 Å². The van der Waals surface area contributed by atoms with E-state index in [0.29, 0.717) is 0 Å². The van der Waals surface area contributed by atoms with Crippen LogP contribution >= 0.6 is 0 Å². The summed E-state index contributed by atoms with van der Waals surface area (Å²) < 4.78 is 7.28. The van der Waals surface area contributed by atoms with Crippen LogP contribution in [-0.2, 0) is 5.41 Å². The van der Waals surface area contributed by atoms with Crippen molar-refractivity contribution in [3.8, 4) is 73.0 Å². The zero-order chi connectivity index (χ0) is 51.6. The monoisotopic (exact) mass is 994 g/mol. The van der Waals surface area contributed by atoms with Crippen LogP contribution in [0.3, 0.4) is 0 Å².